The molecular weight excluding hydrogens is 106 g/mol. The van der Waals surface area contributed by atoms with Crippen molar-refractivity contribution in [2.45, 2.75) is 19.6 Å². The zero-order chi connectivity index (χ0) is 5.98. The molecule has 0 radical (unpaired) electrons. The molecule has 0 aromatic carbocycles. The summed E-state index contributed by atoms with van der Waals surface area (Å²) in [6, 6.07) is 0. The van der Waals surface area contributed by atoms with E-state index in [0.717, 1.165) is 6.42 Å². The van der Waals surface area contributed by atoms with Crippen molar-refractivity contribution in [1.29, 1.82) is 0 Å². The minimum atomic E-state index is -0.322. The maximum absolute atomic E-state index is 10.2. The summed E-state index contributed by atoms with van der Waals surface area (Å²) in [6.45, 7) is 1.92. The van der Waals surface area contributed by atoms with Crippen LogP contribution in [0.15, 0.2) is 4.99 Å². The fraction of sp³-hybridized carbons (Fsp3) is 0.600. The Hall–Kier alpha value is -0.860. The van der Waals surface area contributed by atoms with Crippen molar-refractivity contribution in [3.05, 3.63) is 0 Å². The monoisotopic (exact) mass is 113 g/mol. The van der Waals surface area contributed by atoms with E-state index < -0.39 is 0 Å². The van der Waals surface area contributed by atoms with Gasteiger partial charge in [0.2, 0.25) is 0 Å². The first-order valence-electron chi connectivity index (χ1n) is 2.56. The van der Waals surface area contributed by atoms with Crippen molar-refractivity contribution in [3.63, 3.8) is 0 Å². The van der Waals surface area contributed by atoms with Crippen LogP contribution in [-0.2, 0) is 9.53 Å². The molecule has 1 atom stereocenters. The lowest BCUT2D eigenvalue weighted by Crippen LogP contribution is -2.05. The maximum atomic E-state index is 10.2. The van der Waals surface area contributed by atoms with Gasteiger partial charge >= 0.3 is 5.97 Å². The Bertz CT molecular complexity index is 130. The molecule has 1 unspecified atom stereocenters. The van der Waals surface area contributed by atoms with E-state index in [4.69, 9.17) is 0 Å². The molecule has 0 N–H and O–H groups in total. The Morgan fingerprint density at radius 1 is 2.00 bits per heavy atom. The number of esters is 1. The predicted octanol–water partition coefficient (Wildman–Crippen LogP) is 0.350. The van der Waals surface area contributed by atoms with Gasteiger partial charge in [-0.2, -0.15) is 0 Å². The van der Waals surface area contributed by atoms with E-state index in [9.17, 15) is 4.79 Å². The first kappa shape index (κ1) is 5.28. The van der Waals surface area contributed by atoms with Crippen LogP contribution < -0.4 is 0 Å². The van der Waals surface area contributed by atoms with Crippen LogP contribution >= 0.6 is 0 Å². The summed E-state index contributed by atoms with van der Waals surface area (Å²) in [5.41, 5.74) is 0. The Labute approximate surface area is 47.4 Å². The number of cyclic esters (lactones) is 1. The van der Waals surface area contributed by atoms with E-state index in [1.54, 1.807) is 0 Å². The summed E-state index contributed by atoms with van der Waals surface area (Å²) in [6.07, 6.45) is 1.78. The summed E-state index contributed by atoms with van der Waals surface area (Å²) in [4.78, 5) is 14.0. The first-order valence-corrected chi connectivity index (χ1v) is 2.56. The fourth-order valence-corrected chi connectivity index (χ4v) is 0.528. The zero-order valence-corrected chi connectivity index (χ0v) is 4.63. The van der Waals surface area contributed by atoms with Gasteiger partial charge in [-0.15, -0.1) is 0 Å². The number of hydrogen-bond donors (Lipinski definition) is 0. The van der Waals surface area contributed by atoms with Gasteiger partial charge in [-0.1, -0.05) is 6.92 Å². The van der Waals surface area contributed by atoms with Gasteiger partial charge in [-0.25, -0.2) is 9.79 Å². The van der Waals surface area contributed by atoms with Gasteiger partial charge in [-0.05, 0) is 0 Å². The maximum Gasteiger partial charge on any atom is 0.351 e. The summed E-state index contributed by atoms with van der Waals surface area (Å²) in [7, 11) is 0. The molecule has 3 nitrogen and oxygen atoms in total. The van der Waals surface area contributed by atoms with Gasteiger partial charge in [0, 0.05) is 6.42 Å². The van der Waals surface area contributed by atoms with E-state index in [1.165, 1.54) is 6.21 Å². The van der Waals surface area contributed by atoms with Crippen molar-refractivity contribution < 1.29 is 9.53 Å². The van der Waals surface area contributed by atoms with Gasteiger partial charge in [-0.3, -0.25) is 0 Å². The molecule has 0 saturated carbocycles. The quantitative estimate of drug-likeness (QED) is 0.460. The van der Waals surface area contributed by atoms with E-state index in [0.29, 0.717) is 0 Å². The number of carbonyl (C=O) groups excluding carboxylic acids is 1. The third-order valence-corrected chi connectivity index (χ3v) is 0.948. The van der Waals surface area contributed by atoms with Crippen molar-refractivity contribution in [2.24, 2.45) is 4.99 Å². The average Bonchev–Trinajstić information content (AvgIpc) is 2.14. The average molecular weight is 113 g/mol. The van der Waals surface area contributed by atoms with Gasteiger partial charge in [0.1, 0.15) is 6.21 Å². The molecule has 0 aromatic heterocycles. The highest BCUT2D eigenvalue weighted by Crippen LogP contribution is 2.03. The summed E-state index contributed by atoms with van der Waals surface area (Å²) < 4.78 is 4.65. The lowest BCUT2D eigenvalue weighted by molar-refractivity contribution is -0.137. The third-order valence-electron chi connectivity index (χ3n) is 0.948. The van der Waals surface area contributed by atoms with Crippen LogP contribution in [0.25, 0.3) is 0 Å². The Kier molecular flexibility index (Phi) is 1.28. The second kappa shape index (κ2) is 1.94. The van der Waals surface area contributed by atoms with Gasteiger partial charge in [0.15, 0.2) is 6.23 Å². The van der Waals surface area contributed by atoms with Crippen molar-refractivity contribution in [2.75, 3.05) is 0 Å². The van der Waals surface area contributed by atoms with Crippen LogP contribution in [0.5, 0.6) is 0 Å². The van der Waals surface area contributed by atoms with Crippen LogP contribution in [0.4, 0.5) is 0 Å². The second-order valence-corrected chi connectivity index (χ2v) is 1.58. The molecule has 1 rings (SSSR count). The highest BCUT2D eigenvalue weighted by atomic mass is 16.6. The molecule has 1 aliphatic heterocycles. The second-order valence-electron chi connectivity index (χ2n) is 1.58. The number of carbonyl (C=O) groups is 1. The lowest BCUT2D eigenvalue weighted by atomic mass is 10.4. The molecule has 1 aliphatic rings. The van der Waals surface area contributed by atoms with E-state index >= 15 is 0 Å². The van der Waals surface area contributed by atoms with E-state index in [1.807, 2.05) is 6.92 Å². The Morgan fingerprint density at radius 3 is 3.00 bits per heavy atom. The van der Waals surface area contributed by atoms with Gasteiger partial charge in [0.05, 0.1) is 0 Å². The minimum absolute atomic E-state index is 0.206. The zero-order valence-electron chi connectivity index (χ0n) is 4.63. The molecular formula is C5H7NO2. The topological polar surface area (TPSA) is 38.7 Å². The molecule has 0 bridgehead atoms. The molecule has 0 fully saturated rings. The van der Waals surface area contributed by atoms with Crippen molar-refractivity contribution >= 4 is 12.2 Å². The van der Waals surface area contributed by atoms with Gasteiger partial charge < -0.3 is 4.74 Å². The molecule has 0 aromatic rings. The SMILES string of the molecule is CCC1N=CC(=O)O1. The first-order chi connectivity index (χ1) is 3.83. The van der Waals surface area contributed by atoms with Crippen molar-refractivity contribution in [1.82, 2.24) is 0 Å². The molecule has 0 saturated heterocycles. The molecule has 0 spiro atoms. The number of rotatable bonds is 1. The fourth-order valence-electron chi connectivity index (χ4n) is 0.528. The minimum Gasteiger partial charge on any atom is -0.436 e. The largest absolute Gasteiger partial charge is 0.436 e. The predicted molar refractivity (Wildman–Crippen MR) is 28.7 cm³/mol. The van der Waals surface area contributed by atoms with E-state index in [2.05, 4.69) is 9.73 Å². The molecule has 3 heteroatoms. The smallest absolute Gasteiger partial charge is 0.351 e. The standard InChI is InChI=1S/C5H7NO2/c1-2-4-6-3-5(7)8-4/h3-4H,2H2,1H3. The molecule has 1 heterocycles. The van der Waals surface area contributed by atoms with Gasteiger partial charge in [0.25, 0.3) is 0 Å². The summed E-state index contributed by atoms with van der Waals surface area (Å²) >= 11 is 0. The number of hydrogen-bond acceptors (Lipinski definition) is 3. The highest BCUT2D eigenvalue weighted by molar-refractivity contribution is 6.24. The van der Waals surface area contributed by atoms with Crippen molar-refractivity contribution in [3.8, 4) is 0 Å². The number of ether oxygens (including phenoxy) is 1. The van der Waals surface area contributed by atoms with Crippen LogP contribution in [0.3, 0.4) is 0 Å². The number of aliphatic imine (C=N–C) groups is 1. The molecule has 0 amide bonds. The summed E-state index contributed by atoms with van der Waals surface area (Å²) in [5.74, 6) is -0.322. The van der Waals surface area contributed by atoms with Crippen LogP contribution in [0.2, 0.25) is 0 Å². The van der Waals surface area contributed by atoms with E-state index in [-0.39, 0.29) is 12.2 Å². The normalized spacial score (nSPS) is 26.1. The molecule has 44 valence electrons. The highest BCUT2D eigenvalue weighted by Gasteiger charge is 2.14. The van der Waals surface area contributed by atoms with Crippen LogP contribution in [0.1, 0.15) is 13.3 Å². The molecule has 8 heavy (non-hydrogen) atoms. The van der Waals surface area contributed by atoms with Crippen LogP contribution in [0, 0.1) is 0 Å². The molecule has 0 aliphatic carbocycles. The number of nitrogens with zero attached hydrogens (tertiary/aromatic N) is 1. The Morgan fingerprint density at radius 2 is 2.75 bits per heavy atom. The lowest BCUT2D eigenvalue weighted by Gasteiger charge is -1.99. The van der Waals surface area contributed by atoms with Crippen LogP contribution in [-0.4, -0.2) is 18.4 Å². The Balaban J connectivity index is 2.46. The summed E-state index contributed by atoms with van der Waals surface area (Å²) in [5, 5.41) is 0. The third kappa shape index (κ3) is 0.857.